The summed E-state index contributed by atoms with van der Waals surface area (Å²) in [6, 6.07) is 14.5. The van der Waals surface area contributed by atoms with Gasteiger partial charge in [0.25, 0.3) is 5.91 Å². The van der Waals surface area contributed by atoms with Crippen molar-refractivity contribution in [3.8, 4) is 17.2 Å². The number of fused-ring (bicyclic) bond motifs is 1. The lowest BCUT2D eigenvalue weighted by Crippen LogP contribution is -2.11. The molecule has 0 saturated heterocycles. The summed E-state index contributed by atoms with van der Waals surface area (Å²) in [6.45, 7) is 1.93. The van der Waals surface area contributed by atoms with E-state index in [1.54, 1.807) is 32.4 Å². The van der Waals surface area contributed by atoms with Crippen LogP contribution in [0, 0.1) is 6.92 Å². The fourth-order valence-corrected chi connectivity index (χ4v) is 4.21. The van der Waals surface area contributed by atoms with Gasteiger partial charge in [0.15, 0.2) is 0 Å². The number of nitrogens with zero attached hydrogens (tertiary/aromatic N) is 2. The first-order valence-corrected chi connectivity index (χ1v) is 9.98. The second kappa shape index (κ2) is 7.77. The molecule has 1 N–H and O–H groups in total. The van der Waals surface area contributed by atoms with Crippen molar-refractivity contribution in [2.24, 2.45) is 0 Å². The number of halogens is 1. The summed E-state index contributed by atoms with van der Waals surface area (Å²) >= 11 is 7.37. The number of aryl methyl sites for hydroxylation is 1. The first-order valence-electron chi connectivity index (χ1n) is 8.78. The van der Waals surface area contributed by atoms with Gasteiger partial charge in [-0.3, -0.25) is 4.79 Å². The van der Waals surface area contributed by atoms with Crippen molar-refractivity contribution in [2.45, 2.75) is 6.92 Å². The van der Waals surface area contributed by atoms with Crippen LogP contribution in [0.5, 0.6) is 11.5 Å². The predicted octanol–water partition coefficient (Wildman–Crippen LogP) is 5.32. The number of carbonyl (C=O) groups is 1. The highest BCUT2D eigenvalue weighted by Crippen LogP contribution is 2.33. The predicted molar refractivity (Wildman–Crippen MR) is 116 cm³/mol. The van der Waals surface area contributed by atoms with Gasteiger partial charge in [-0.25, -0.2) is 4.68 Å². The first kappa shape index (κ1) is 19.3. The minimum atomic E-state index is -0.211. The maximum atomic E-state index is 12.9. The zero-order valence-electron chi connectivity index (χ0n) is 16.0. The van der Waals surface area contributed by atoms with Crippen LogP contribution in [0.4, 0.5) is 5.69 Å². The Morgan fingerprint density at radius 3 is 2.55 bits per heavy atom. The molecule has 1 amide bonds. The van der Waals surface area contributed by atoms with E-state index in [2.05, 4.69) is 10.4 Å². The smallest absolute Gasteiger partial charge is 0.265 e. The molecule has 0 unspecified atom stereocenters. The van der Waals surface area contributed by atoms with Crippen LogP contribution in [-0.4, -0.2) is 29.9 Å². The number of hydrogen-bond acceptors (Lipinski definition) is 5. The molecule has 0 radical (unpaired) electrons. The van der Waals surface area contributed by atoms with Gasteiger partial charge in [0.05, 0.1) is 36.2 Å². The molecule has 0 saturated carbocycles. The molecule has 4 aromatic rings. The molecule has 2 aromatic heterocycles. The lowest BCUT2D eigenvalue weighted by Gasteiger charge is -2.11. The SMILES string of the molecule is COc1ccc(NC(=O)c2cc3c(C)nn(-c4ccc(Cl)cc4)c3s2)c(OC)c1. The number of rotatable bonds is 5. The number of thiophene rings is 1. The van der Waals surface area contributed by atoms with E-state index >= 15 is 0 Å². The second-order valence-corrected chi connectivity index (χ2v) is 7.79. The van der Waals surface area contributed by atoms with E-state index in [0.29, 0.717) is 27.1 Å². The van der Waals surface area contributed by atoms with Crippen molar-refractivity contribution in [1.29, 1.82) is 0 Å². The normalized spacial score (nSPS) is 10.9. The van der Waals surface area contributed by atoms with Gasteiger partial charge < -0.3 is 14.8 Å². The molecule has 0 aliphatic rings. The summed E-state index contributed by atoms with van der Waals surface area (Å²) in [7, 11) is 3.13. The van der Waals surface area contributed by atoms with Crippen LogP contribution in [0.25, 0.3) is 15.9 Å². The summed E-state index contributed by atoms with van der Waals surface area (Å²) in [4.78, 5) is 14.4. The minimum Gasteiger partial charge on any atom is -0.497 e. The van der Waals surface area contributed by atoms with Gasteiger partial charge in [-0.1, -0.05) is 11.6 Å². The number of methoxy groups -OCH3 is 2. The summed E-state index contributed by atoms with van der Waals surface area (Å²) in [5.74, 6) is 0.972. The van der Waals surface area contributed by atoms with E-state index < -0.39 is 0 Å². The Morgan fingerprint density at radius 1 is 1.10 bits per heavy atom. The molecule has 0 spiro atoms. The standard InChI is InChI=1S/C21H18ClN3O3S/c1-12-16-11-19(20(26)23-17-9-8-15(27-2)10-18(17)28-3)29-21(16)25(24-12)14-6-4-13(22)5-7-14/h4-11H,1-3H3,(H,23,26). The molecule has 0 fully saturated rings. The zero-order valence-corrected chi connectivity index (χ0v) is 17.6. The van der Waals surface area contributed by atoms with E-state index in [4.69, 9.17) is 21.1 Å². The van der Waals surface area contributed by atoms with Crippen molar-refractivity contribution < 1.29 is 14.3 Å². The molecule has 0 aliphatic heterocycles. The van der Waals surface area contributed by atoms with Crippen molar-refractivity contribution >= 4 is 44.7 Å². The second-order valence-electron chi connectivity index (χ2n) is 6.32. The summed E-state index contributed by atoms with van der Waals surface area (Å²) in [6.07, 6.45) is 0. The molecule has 0 aliphatic carbocycles. The van der Waals surface area contributed by atoms with Crippen molar-refractivity contribution in [1.82, 2.24) is 9.78 Å². The summed E-state index contributed by atoms with van der Waals surface area (Å²) in [5.41, 5.74) is 2.32. The van der Waals surface area contributed by atoms with E-state index in [-0.39, 0.29) is 5.91 Å². The Bertz CT molecular complexity index is 1200. The maximum Gasteiger partial charge on any atom is 0.265 e. The summed E-state index contributed by atoms with van der Waals surface area (Å²) < 4.78 is 12.4. The average molecular weight is 428 g/mol. The minimum absolute atomic E-state index is 0.211. The molecule has 4 rings (SSSR count). The topological polar surface area (TPSA) is 65.4 Å². The van der Waals surface area contributed by atoms with Crippen LogP contribution in [0.1, 0.15) is 15.4 Å². The van der Waals surface area contributed by atoms with Crippen LogP contribution in [0.15, 0.2) is 48.5 Å². The molecule has 6 nitrogen and oxygen atoms in total. The van der Waals surface area contributed by atoms with Crippen LogP contribution in [0.3, 0.4) is 0 Å². The highest BCUT2D eigenvalue weighted by Gasteiger charge is 2.18. The van der Waals surface area contributed by atoms with Crippen molar-refractivity contribution in [2.75, 3.05) is 19.5 Å². The van der Waals surface area contributed by atoms with Gasteiger partial charge >= 0.3 is 0 Å². The number of carbonyl (C=O) groups excluding carboxylic acids is 1. The first-order chi connectivity index (χ1) is 14.0. The Labute approximate surface area is 176 Å². The van der Waals surface area contributed by atoms with Crippen LogP contribution < -0.4 is 14.8 Å². The number of anilines is 1. The van der Waals surface area contributed by atoms with Gasteiger partial charge in [0, 0.05) is 16.5 Å². The van der Waals surface area contributed by atoms with Gasteiger partial charge in [0.1, 0.15) is 16.3 Å². The fourth-order valence-electron chi connectivity index (χ4n) is 3.00. The zero-order chi connectivity index (χ0) is 20.5. The van der Waals surface area contributed by atoms with Crippen LogP contribution in [0.2, 0.25) is 5.02 Å². The molecule has 2 heterocycles. The third-order valence-corrected chi connectivity index (χ3v) is 5.86. The number of hydrogen-bond donors (Lipinski definition) is 1. The van der Waals surface area contributed by atoms with E-state index in [1.165, 1.54) is 11.3 Å². The molecule has 2 aromatic carbocycles. The van der Waals surface area contributed by atoms with Crippen molar-refractivity contribution in [3.05, 3.63) is 64.1 Å². The quantitative estimate of drug-likeness (QED) is 0.468. The lowest BCUT2D eigenvalue weighted by molar-refractivity contribution is 0.103. The number of ether oxygens (including phenoxy) is 2. The fraction of sp³-hybridized carbons (Fsp3) is 0.143. The molecule has 0 atom stereocenters. The molecular formula is C21H18ClN3O3S. The number of amides is 1. The van der Waals surface area contributed by atoms with Gasteiger partial charge in [-0.15, -0.1) is 11.3 Å². The molecular weight excluding hydrogens is 410 g/mol. The van der Waals surface area contributed by atoms with E-state index in [1.807, 2.05) is 41.9 Å². The highest BCUT2D eigenvalue weighted by atomic mass is 35.5. The monoisotopic (exact) mass is 427 g/mol. The molecule has 148 valence electrons. The maximum absolute atomic E-state index is 12.9. The largest absolute Gasteiger partial charge is 0.497 e. The van der Waals surface area contributed by atoms with Crippen LogP contribution in [-0.2, 0) is 0 Å². The number of nitrogens with one attached hydrogen (secondary N) is 1. The molecule has 0 bridgehead atoms. The van der Waals surface area contributed by atoms with Crippen molar-refractivity contribution in [3.63, 3.8) is 0 Å². The average Bonchev–Trinajstić information content (AvgIpc) is 3.30. The van der Waals surface area contributed by atoms with E-state index in [9.17, 15) is 4.79 Å². The Balaban J connectivity index is 1.67. The number of benzene rings is 2. The molecule has 8 heteroatoms. The molecule has 29 heavy (non-hydrogen) atoms. The Kier molecular flexibility index (Phi) is 5.17. The van der Waals surface area contributed by atoms with Gasteiger partial charge in [-0.2, -0.15) is 5.10 Å². The highest BCUT2D eigenvalue weighted by molar-refractivity contribution is 7.20. The Morgan fingerprint density at radius 2 is 1.86 bits per heavy atom. The Hall–Kier alpha value is -3.03. The van der Waals surface area contributed by atoms with Gasteiger partial charge in [0.2, 0.25) is 0 Å². The third-order valence-electron chi connectivity index (χ3n) is 4.50. The third kappa shape index (κ3) is 3.66. The van der Waals surface area contributed by atoms with E-state index in [0.717, 1.165) is 21.6 Å². The number of aromatic nitrogens is 2. The summed E-state index contributed by atoms with van der Waals surface area (Å²) in [5, 5.41) is 9.11. The lowest BCUT2D eigenvalue weighted by atomic mass is 10.2. The van der Waals surface area contributed by atoms with Crippen LogP contribution >= 0.6 is 22.9 Å². The van der Waals surface area contributed by atoms with Gasteiger partial charge in [-0.05, 0) is 49.4 Å².